The second kappa shape index (κ2) is 6.63. The largest absolute Gasteiger partial charge is 0.496 e. The van der Waals surface area contributed by atoms with E-state index in [4.69, 9.17) is 10.00 Å². The summed E-state index contributed by atoms with van der Waals surface area (Å²) in [5, 5.41) is 12.0. The highest BCUT2D eigenvalue weighted by Gasteiger charge is 2.00. The lowest BCUT2D eigenvalue weighted by Crippen LogP contribution is -2.00. The lowest BCUT2D eigenvalue weighted by atomic mass is 10.1. The molecular weight excluding hydrogens is 248 g/mol. The summed E-state index contributed by atoms with van der Waals surface area (Å²) in [5.74, 6) is 0.912. The van der Waals surface area contributed by atoms with E-state index in [9.17, 15) is 0 Å². The number of ether oxygens (including phenoxy) is 1. The predicted octanol–water partition coefficient (Wildman–Crippen LogP) is 3.68. The molecule has 0 aromatic heterocycles. The number of anilines is 1. The number of hydrogen-bond donors (Lipinski definition) is 1. The lowest BCUT2D eigenvalue weighted by Gasteiger charge is -2.10. The molecular formula is C17H18N2O. The van der Waals surface area contributed by atoms with Gasteiger partial charge < -0.3 is 10.1 Å². The maximum Gasteiger partial charge on any atom is 0.121 e. The van der Waals surface area contributed by atoms with Crippen molar-refractivity contribution in [2.24, 2.45) is 0 Å². The molecule has 0 saturated carbocycles. The summed E-state index contributed by atoms with van der Waals surface area (Å²) >= 11 is 0. The summed E-state index contributed by atoms with van der Waals surface area (Å²) in [5.41, 5.74) is 4.44. The standard InChI is InChI=1S/C17H18N2O/c1-13-11-15(5-8-17(13)20-2)12-19-16-6-3-14(4-7-16)9-10-18/h3-8,11,19H,9,12H2,1-2H3. The lowest BCUT2D eigenvalue weighted by molar-refractivity contribution is 0.411. The molecule has 20 heavy (non-hydrogen) atoms. The second-order valence-electron chi connectivity index (χ2n) is 4.69. The van der Waals surface area contributed by atoms with Gasteiger partial charge in [0.15, 0.2) is 0 Å². The number of benzene rings is 2. The minimum atomic E-state index is 0.456. The van der Waals surface area contributed by atoms with E-state index >= 15 is 0 Å². The van der Waals surface area contributed by atoms with Crippen molar-refractivity contribution < 1.29 is 4.74 Å². The summed E-state index contributed by atoms with van der Waals surface area (Å²) in [6, 6.07) is 16.3. The van der Waals surface area contributed by atoms with Crippen molar-refractivity contribution in [3.8, 4) is 11.8 Å². The van der Waals surface area contributed by atoms with E-state index in [0.29, 0.717) is 6.42 Å². The molecule has 0 radical (unpaired) electrons. The van der Waals surface area contributed by atoms with E-state index in [-0.39, 0.29) is 0 Å². The van der Waals surface area contributed by atoms with Gasteiger partial charge in [-0.15, -0.1) is 0 Å². The van der Waals surface area contributed by atoms with Crippen molar-refractivity contribution in [2.75, 3.05) is 12.4 Å². The van der Waals surface area contributed by atoms with E-state index in [1.807, 2.05) is 37.3 Å². The highest BCUT2D eigenvalue weighted by atomic mass is 16.5. The number of rotatable bonds is 5. The molecule has 3 nitrogen and oxygen atoms in total. The second-order valence-corrected chi connectivity index (χ2v) is 4.69. The smallest absolute Gasteiger partial charge is 0.121 e. The summed E-state index contributed by atoms with van der Waals surface area (Å²) < 4.78 is 5.25. The van der Waals surface area contributed by atoms with Crippen LogP contribution in [0, 0.1) is 18.3 Å². The Morgan fingerprint density at radius 3 is 2.40 bits per heavy atom. The van der Waals surface area contributed by atoms with Crippen molar-refractivity contribution in [3.05, 3.63) is 59.2 Å². The third kappa shape index (κ3) is 3.52. The first-order valence-electron chi connectivity index (χ1n) is 6.56. The Labute approximate surface area is 119 Å². The fourth-order valence-electron chi connectivity index (χ4n) is 2.09. The highest BCUT2D eigenvalue weighted by Crippen LogP contribution is 2.19. The van der Waals surface area contributed by atoms with E-state index < -0.39 is 0 Å². The van der Waals surface area contributed by atoms with E-state index in [1.54, 1.807) is 7.11 Å². The number of aryl methyl sites for hydroxylation is 1. The van der Waals surface area contributed by atoms with Crippen molar-refractivity contribution in [2.45, 2.75) is 19.9 Å². The van der Waals surface area contributed by atoms with Crippen LogP contribution in [-0.4, -0.2) is 7.11 Å². The summed E-state index contributed by atoms with van der Waals surface area (Å²) in [6.45, 7) is 2.81. The minimum Gasteiger partial charge on any atom is -0.496 e. The molecule has 0 atom stereocenters. The van der Waals surface area contributed by atoms with Gasteiger partial charge >= 0.3 is 0 Å². The number of nitrogens with one attached hydrogen (secondary N) is 1. The molecule has 3 heteroatoms. The molecule has 0 spiro atoms. The molecule has 0 fully saturated rings. The molecule has 2 aromatic rings. The minimum absolute atomic E-state index is 0.456. The van der Waals surface area contributed by atoms with Crippen LogP contribution in [0.15, 0.2) is 42.5 Å². The number of hydrogen-bond acceptors (Lipinski definition) is 3. The molecule has 0 unspecified atom stereocenters. The fourth-order valence-corrected chi connectivity index (χ4v) is 2.09. The average Bonchev–Trinajstić information content (AvgIpc) is 2.47. The summed E-state index contributed by atoms with van der Waals surface area (Å²) in [4.78, 5) is 0. The van der Waals surface area contributed by atoms with Crippen LogP contribution in [0.1, 0.15) is 16.7 Å². The summed E-state index contributed by atoms with van der Waals surface area (Å²) in [7, 11) is 1.68. The SMILES string of the molecule is COc1ccc(CNc2ccc(CC#N)cc2)cc1C. The molecule has 0 saturated heterocycles. The normalized spacial score (nSPS) is 9.85. The van der Waals surface area contributed by atoms with Gasteiger partial charge in [0.2, 0.25) is 0 Å². The van der Waals surface area contributed by atoms with E-state index in [2.05, 4.69) is 23.5 Å². The average molecular weight is 266 g/mol. The Hall–Kier alpha value is -2.47. The van der Waals surface area contributed by atoms with Crippen molar-refractivity contribution >= 4 is 5.69 Å². The van der Waals surface area contributed by atoms with Gasteiger partial charge in [-0.1, -0.05) is 24.3 Å². The third-order valence-corrected chi connectivity index (χ3v) is 3.19. The van der Waals surface area contributed by atoms with Gasteiger partial charge in [-0.2, -0.15) is 5.26 Å². The van der Waals surface area contributed by atoms with Crippen LogP contribution >= 0.6 is 0 Å². The Balaban J connectivity index is 1.98. The Morgan fingerprint density at radius 2 is 1.80 bits per heavy atom. The van der Waals surface area contributed by atoms with Crippen LogP contribution in [0.4, 0.5) is 5.69 Å². The van der Waals surface area contributed by atoms with Gasteiger partial charge in [-0.05, 0) is 41.8 Å². The van der Waals surface area contributed by atoms with Crippen molar-refractivity contribution in [3.63, 3.8) is 0 Å². The maximum atomic E-state index is 8.63. The molecule has 1 N–H and O–H groups in total. The first kappa shape index (κ1) is 14.0. The zero-order valence-corrected chi connectivity index (χ0v) is 11.8. The van der Waals surface area contributed by atoms with Gasteiger partial charge in [0.05, 0.1) is 19.6 Å². The number of nitrogens with zero attached hydrogens (tertiary/aromatic N) is 1. The molecule has 102 valence electrons. The first-order chi connectivity index (χ1) is 9.72. The molecule has 0 aliphatic heterocycles. The Bertz CT molecular complexity index is 612. The quantitative estimate of drug-likeness (QED) is 0.897. The monoisotopic (exact) mass is 266 g/mol. The molecule has 2 aromatic carbocycles. The molecule has 0 aliphatic carbocycles. The van der Waals surface area contributed by atoms with Crippen LogP contribution in [-0.2, 0) is 13.0 Å². The topological polar surface area (TPSA) is 45.0 Å². The van der Waals surface area contributed by atoms with E-state index in [1.165, 1.54) is 5.56 Å². The van der Waals surface area contributed by atoms with Crippen LogP contribution in [0.25, 0.3) is 0 Å². The zero-order valence-electron chi connectivity index (χ0n) is 11.8. The first-order valence-corrected chi connectivity index (χ1v) is 6.56. The van der Waals surface area contributed by atoms with Gasteiger partial charge in [-0.3, -0.25) is 0 Å². The van der Waals surface area contributed by atoms with Crippen LogP contribution in [0.5, 0.6) is 5.75 Å². The zero-order chi connectivity index (χ0) is 14.4. The Kier molecular flexibility index (Phi) is 4.62. The van der Waals surface area contributed by atoms with Crippen molar-refractivity contribution in [1.82, 2.24) is 0 Å². The predicted molar refractivity (Wildman–Crippen MR) is 80.8 cm³/mol. The molecule has 0 amide bonds. The molecule has 0 bridgehead atoms. The highest BCUT2D eigenvalue weighted by molar-refractivity contribution is 5.46. The van der Waals surface area contributed by atoms with Gasteiger partial charge in [0.1, 0.15) is 5.75 Å². The van der Waals surface area contributed by atoms with Crippen LogP contribution in [0.3, 0.4) is 0 Å². The number of nitriles is 1. The van der Waals surface area contributed by atoms with E-state index in [0.717, 1.165) is 29.1 Å². The van der Waals surface area contributed by atoms with Crippen LogP contribution < -0.4 is 10.1 Å². The third-order valence-electron chi connectivity index (χ3n) is 3.19. The van der Waals surface area contributed by atoms with Gasteiger partial charge in [0.25, 0.3) is 0 Å². The molecule has 2 rings (SSSR count). The maximum absolute atomic E-state index is 8.63. The molecule has 0 heterocycles. The fraction of sp³-hybridized carbons (Fsp3) is 0.235. The molecule has 0 aliphatic rings. The summed E-state index contributed by atoms with van der Waals surface area (Å²) in [6.07, 6.45) is 0.456. The van der Waals surface area contributed by atoms with Gasteiger partial charge in [-0.25, -0.2) is 0 Å². The van der Waals surface area contributed by atoms with Gasteiger partial charge in [0, 0.05) is 12.2 Å². The number of methoxy groups -OCH3 is 1. The van der Waals surface area contributed by atoms with Crippen LogP contribution in [0.2, 0.25) is 0 Å². The van der Waals surface area contributed by atoms with Crippen molar-refractivity contribution in [1.29, 1.82) is 5.26 Å². The Morgan fingerprint density at radius 1 is 1.10 bits per heavy atom.